The number of likely N-dealkylation sites (tertiary alicyclic amines) is 1. The number of hydrogen-bond donors (Lipinski definition) is 2. The van der Waals surface area contributed by atoms with E-state index in [0.717, 1.165) is 23.3 Å². The van der Waals surface area contributed by atoms with E-state index in [2.05, 4.69) is 33.0 Å². The van der Waals surface area contributed by atoms with Gasteiger partial charge in [-0.3, -0.25) is 4.90 Å². The van der Waals surface area contributed by atoms with Gasteiger partial charge in [0.2, 0.25) is 0 Å². The van der Waals surface area contributed by atoms with Crippen LogP contribution in [0.25, 0.3) is 0 Å². The van der Waals surface area contributed by atoms with Crippen LogP contribution >= 0.6 is 27.3 Å². The van der Waals surface area contributed by atoms with Crippen LogP contribution in [-0.4, -0.2) is 35.7 Å². The molecule has 1 saturated heterocycles. The van der Waals surface area contributed by atoms with Crippen molar-refractivity contribution in [3.63, 3.8) is 0 Å². The Kier molecular flexibility index (Phi) is 3.79. The highest BCUT2D eigenvalue weighted by atomic mass is 79.9. The highest BCUT2D eigenvalue weighted by Crippen LogP contribution is 2.31. The van der Waals surface area contributed by atoms with Crippen molar-refractivity contribution in [2.45, 2.75) is 18.6 Å². The first-order valence-electron chi connectivity index (χ1n) is 5.08. The summed E-state index contributed by atoms with van der Waals surface area (Å²) >= 11 is 5.18. The van der Waals surface area contributed by atoms with Crippen molar-refractivity contribution in [2.24, 2.45) is 5.73 Å². The molecule has 2 rings (SSSR count). The van der Waals surface area contributed by atoms with E-state index in [-0.39, 0.29) is 12.1 Å². The van der Waals surface area contributed by atoms with Gasteiger partial charge in [0.1, 0.15) is 0 Å². The third-order valence-electron chi connectivity index (χ3n) is 2.78. The Morgan fingerprint density at radius 1 is 1.67 bits per heavy atom. The highest BCUT2D eigenvalue weighted by molar-refractivity contribution is 9.11. The van der Waals surface area contributed by atoms with Gasteiger partial charge >= 0.3 is 0 Å². The Hall–Kier alpha value is 0.0600. The fourth-order valence-corrected chi connectivity index (χ4v) is 3.58. The third kappa shape index (κ3) is 2.60. The van der Waals surface area contributed by atoms with Gasteiger partial charge in [-0.25, -0.2) is 0 Å². The Labute approximate surface area is 102 Å². The van der Waals surface area contributed by atoms with Gasteiger partial charge in [-0.1, -0.05) is 0 Å². The summed E-state index contributed by atoms with van der Waals surface area (Å²) in [6.45, 7) is 2.30. The molecule has 2 atom stereocenters. The molecule has 3 nitrogen and oxygen atoms in total. The standard InChI is InChI=1S/C10H15BrN2OS/c11-10-2-1-9(15-10)8(5-12)13-4-3-7(14)6-13/h1-2,7-8,14H,3-6,12H2. The molecule has 0 aromatic carbocycles. The number of aliphatic hydroxyl groups excluding tert-OH is 1. The monoisotopic (exact) mass is 290 g/mol. The van der Waals surface area contributed by atoms with Crippen molar-refractivity contribution in [3.05, 3.63) is 20.8 Å². The number of rotatable bonds is 3. The number of aliphatic hydroxyl groups is 1. The van der Waals surface area contributed by atoms with E-state index in [1.807, 2.05) is 0 Å². The molecule has 1 aromatic heterocycles. The summed E-state index contributed by atoms with van der Waals surface area (Å²) in [6, 6.07) is 4.42. The summed E-state index contributed by atoms with van der Waals surface area (Å²) in [5.41, 5.74) is 5.81. The maximum Gasteiger partial charge on any atom is 0.0702 e. The van der Waals surface area contributed by atoms with Gasteiger partial charge in [-0.15, -0.1) is 11.3 Å². The van der Waals surface area contributed by atoms with Crippen molar-refractivity contribution in [3.8, 4) is 0 Å². The van der Waals surface area contributed by atoms with E-state index in [4.69, 9.17) is 5.73 Å². The van der Waals surface area contributed by atoms with Crippen molar-refractivity contribution in [1.82, 2.24) is 4.90 Å². The van der Waals surface area contributed by atoms with Crippen LogP contribution in [0.1, 0.15) is 17.3 Å². The first-order chi connectivity index (χ1) is 7.20. The molecule has 0 saturated carbocycles. The molecule has 1 aliphatic heterocycles. The molecule has 1 fully saturated rings. The molecule has 1 aliphatic rings. The van der Waals surface area contributed by atoms with Crippen molar-refractivity contribution >= 4 is 27.3 Å². The molecule has 3 N–H and O–H groups in total. The molecule has 84 valence electrons. The lowest BCUT2D eigenvalue weighted by Crippen LogP contribution is -2.32. The molecule has 0 spiro atoms. The number of nitrogens with zero attached hydrogens (tertiary/aromatic N) is 1. The minimum Gasteiger partial charge on any atom is -0.392 e. The second-order valence-electron chi connectivity index (χ2n) is 3.83. The first kappa shape index (κ1) is 11.5. The zero-order chi connectivity index (χ0) is 10.8. The van der Waals surface area contributed by atoms with Gasteiger partial charge in [0.05, 0.1) is 15.9 Å². The predicted octanol–water partition coefficient (Wildman–Crippen LogP) is 1.58. The van der Waals surface area contributed by atoms with Crippen LogP contribution in [0.5, 0.6) is 0 Å². The Morgan fingerprint density at radius 2 is 2.47 bits per heavy atom. The quantitative estimate of drug-likeness (QED) is 0.889. The average molecular weight is 291 g/mol. The molecule has 1 aromatic rings. The first-order valence-corrected chi connectivity index (χ1v) is 6.69. The zero-order valence-corrected chi connectivity index (χ0v) is 10.8. The largest absolute Gasteiger partial charge is 0.392 e. The van der Waals surface area contributed by atoms with Gasteiger partial charge in [-0.2, -0.15) is 0 Å². The second kappa shape index (κ2) is 4.93. The second-order valence-corrected chi connectivity index (χ2v) is 6.33. The van der Waals surface area contributed by atoms with E-state index in [1.165, 1.54) is 4.88 Å². The number of halogens is 1. The van der Waals surface area contributed by atoms with Crippen LogP contribution in [0.3, 0.4) is 0 Å². The molecule has 2 heterocycles. The summed E-state index contributed by atoms with van der Waals surface area (Å²) < 4.78 is 1.13. The number of β-amino-alcohol motifs (C(OH)–C–C–N with tert-alkyl or cyclic N) is 1. The smallest absolute Gasteiger partial charge is 0.0702 e. The molecule has 0 bridgehead atoms. The lowest BCUT2D eigenvalue weighted by Gasteiger charge is -2.25. The van der Waals surface area contributed by atoms with Gasteiger partial charge in [0, 0.05) is 24.5 Å². The van der Waals surface area contributed by atoms with E-state index in [1.54, 1.807) is 11.3 Å². The van der Waals surface area contributed by atoms with Crippen LogP contribution in [0.2, 0.25) is 0 Å². The van der Waals surface area contributed by atoms with Gasteiger partial charge < -0.3 is 10.8 Å². The highest BCUT2D eigenvalue weighted by Gasteiger charge is 2.27. The number of hydrogen-bond acceptors (Lipinski definition) is 4. The maximum atomic E-state index is 9.51. The maximum absolute atomic E-state index is 9.51. The molecule has 5 heteroatoms. The van der Waals surface area contributed by atoms with E-state index in [9.17, 15) is 5.11 Å². The zero-order valence-electron chi connectivity index (χ0n) is 8.40. The minimum absolute atomic E-state index is 0.178. The number of nitrogens with two attached hydrogens (primary N) is 1. The van der Waals surface area contributed by atoms with Crippen molar-refractivity contribution < 1.29 is 5.11 Å². The van der Waals surface area contributed by atoms with Gasteiger partial charge in [0.15, 0.2) is 0 Å². The van der Waals surface area contributed by atoms with Crippen molar-refractivity contribution in [1.29, 1.82) is 0 Å². The Morgan fingerprint density at radius 3 is 2.93 bits per heavy atom. The predicted molar refractivity (Wildman–Crippen MR) is 66.0 cm³/mol. The van der Waals surface area contributed by atoms with Crippen LogP contribution in [0.4, 0.5) is 0 Å². The number of thiophene rings is 1. The summed E-state index contributed by atoms with van der Waals surface area (Å²) in [6.07, 6.45) is 0.686. The van der Waals surface area contributed by atoms with E-state index in [0.29, 0.717) is 6.54 Å². The molecule has 15 heavy (non-hydrogen) atoms. The summed E-state index contributed by atoms with van der Waals surface area (Å²) in [5.74, 6) is 0. The fraction of sp³-hybridized carbons (Fsp3) is 0.600. The van der Waals surface area contributed by atoms with Crippen LogP contribution in [-0.2, 0) is 0 Å². The van der Waals surface area contributed by atoms with Gasteiger partial charge in [0.25, 0.3) is 0 Å². The molecule has 0 aliphatic carbocycles. The fourth-order valence-electron chi connectivity index (χ4n) is 2.00. The molecular weight excluding hydrogens is 276 g/mol. The van der Waals surface area contributed by atoms with Crippen LogP contribution in [0, 0.1) is 0 Å². The average Bonchev–Trinajstić information content (AvgIpc) is 2.78. The topological polar surface area (TPSA) is 49.5 Å². The van der Waals surface area contributed by atoms with E-state index >= 15 is 0 Å². The lowest BCUT2D eigenvalue weighted by molar-refractivity contribution is 0.161. The van der Waals surface area contributed by atoms with Crippen molar-refractivity contribution in [2.75, 3.05) is 19.6 Å². The lowest BCUT2D eigenvalue weighted by atomic mass is 10.2. The molecule has 2 unspecified atom stereocenters. The van der Waals surface area contributed by atoms with Gasteiger partial charge in [-0.05, 0) is 34.5 Å². The third-order valence-corrected chi connectivity index (χ3v) is 4.51. The minimum atomic E-state index is -0.178. The summed E-state index contributed by atoms with van der Waals surface area (Å²) in [5, 5.41) is 9.51. The Bertz CT molecular complexity index is 331. The summed E-state index contributed by atoms with van der Waals surface area (Å²) in [4.78, 5) is 3.54. The normalized spacial score (nSPS) is 24.6. The molecule has 0 radical (unpaired) electrons. The molecular formula is C10H15BrN2OS. The van der Waals surface area contributed by atoms with Crippen LogP contribution in [0.15, 0.2) is 15.9 Å². The Balaban J connectivity index is 2.10. The SMILES string of the molecule is NCC(c1ccc(Br)s1)N1CCC(O)C1. The van der Waals surface area contributed by atoms with E-state index < -0.39 is 0 Å². The summed E-state index contributed by atoms with van der Waals surface area (Å²) in [7, 11) is 0. The van der Waals surface area contributed by atoms with Crippen LogP contribution < -0.4 is 5.73 Å². The molecule has 0 amide bonds.